The molecule has 1 saturated carbocycles. The number of nitrogens with one attached hydrogen (secondary N) is 1. The van der Waals surface area contributed by atoms with Crippen LogP contribution in [0.1, 0.15) is 76.7 Å². The number of anilines is 1. The van der Waals surface area contributed by atoms with Crippen LogP contribution in [-0.2, 0) is 4.79 Å². The Morgan fingerprint density at radius 3 is 2.38 bits per heavy atom. The second kappa shape index (κ2) is 13.3. The number of likely N-dealkylation sites (N-methyl/N-ethyl adjacent to an activating group) is 1. The van der Waals surface area contributed by atoms with Gasteiger partial charge >= 0.3 is 0 Å². The predicted octanol–water partition coefficient (Wildman–Crippen LogP) is 6.86. The van der Waals surface area contributed by atoms with Gasteiger partial charge < -0.3 is 19.7 Å². The number of benzene rings is 1. The van der Waals surface area contributed by atoms with Crippen molar-refractivity contribution in [1.82, 2.24) is 5.32 Å². The van der Waals surface area contributed by atoms with Crippen LogP contribution in [0.25, 0.3) is 0 Å². The number of nitrogens with zero attached hydrogens (tertiary/aromatic N) is 1. The Morgan fingerprint density at radius 2 is 1.79 bits per heavy atom. The van der Waals surface area contributed by atoms with Crippen molar-refractivity contribution in [3.63, 3.8) is 0 Å². The van der Waals surface area contributed by atoms with E-state index in [1.807, 2.05) is 37.1 Å². The third-order valence-corrected chi connectivity index (χ3v) is 6.87. The minimum absolute atomic E-state index is 0.205. The van der Waals surface area contributed by atoms with E-state index in [1.54, 1.807) is 7.11 Å². The van der Waals surface area contributed by atoms with Crippen LogP contribution in [0.4, 0.5) is 5.69 Å². The highest BCUT2D eigenvalue weighted by Crippen LogP contribution is 2.42. The largest absolute Gasteiger partial charge is 0.493 e. The third-order valence-electron chi connectivity index (χ3n) is 6.87. The van der Waals surface area contributed by atoms with Gasteiger partial charge in [0.1, 0.15) is 0 Å². The Bertz CT molecular complexity index is 866. The van der Waals surface area contributed by atoms with E-state index in [2.05, 4.69) is 32.0 Å². The molecule has 0 aromatic heterocycles. The van der Waals surface area contributed by atoms with E-state index in [-0.39, 0.29) is 5.91 Å². The van der Waals surface area contributed by atoms with Crippen LogP contribution >= 0.6 is 0 Å². The van der Waals surface area contributed by atoms with Gasteiger partial charge in [0.15, 0.2) is 11.5 Å². The molecule has 5 nitrogen and oxygen atoms in total. The van der Waals surface area contributed by atoms with Crippen LogP contribution in [0, 0.1) is 6.92 Å². The first-order chi connectivity index (χ1) is 16.3. The Balaban J connectivity index is 2.23. The molecule has 0 unspecified atom stereocenters. The molecule has 188 valence electrons. The molecule has 1 aromatic carbocycles. The van der Waals surface area contributed by atoms with Crippen LogP contribution < -0.4 is 19.7 Å². The zero-order valence-corrected chi connectivity index (χ0v) is 21.8. The summed E-state index contributed by atoms with van der Waals surface area (Å²) in [6.45, 7) is 17.1. The van der Waals surface area contributed by atoms with Gasteiger partial charge in [0.05, 0.1) is 30.5 Å². The fraction of sp³-hybridized carbons (Fsp3) is 0.552. The fourth-order valence-electron chi connectivity index (χ4n) is 4.58. The number of carbonyl (C=O) groups excluding carboxylic acids is 1. The topological polar surface area (TPSA) is 50.8 Å². The van der Waals surface area contributed by atoms with Gasteiger partial charge in [0.2, 0.25) is 0 Å². The lowest BCUT2D eigenvalue weighted by molar-refractivity contribution is -0.118. The van der Waals surface area contributed by atoms with Gasteiger partial charge in [-0.15, -0.1) is 6.58 Å². The molecular formula is C29H44N2O3. The maximum atomic E-state index is 13.3. The molecule has 0 aliphatic heterocycles. The Kier molecular flexibility index (Phi) is 10.7. The van der Waals surface area contributed by atoms with E-state index >= 15 is 0 Å². The summed E-state index contributed by atoms with van der Waals surface area (Å²) in [6, 6.07) is 3.90. The molecular weight excluding hydrogens is 424 g/mol. The first-order valence-electron chi connectivity index (χ1n) is 12.7. The summed E-state index contributed by atoms with van der Waals surface area (Å²) in [5.41, 5.74) is 2.31. The molecule has 34 heavy (non-hydrogen) atoms. The van der Waals surface area contributed by atoms with Gasteiger partial charge in [-0.25, -0.2) is 0 Å². The van der Waals surface area contributed by atoms with E-state index in [0.717, 1.165) is 56.2 Å². The fourth-order valence-corrected chi connectivity index (χ4v) is 4.58. The number of unbranched alkanes of at least 4 members (excludes halogenated alkanes) is 2. The molecule has 1 fully saturated rings. The second-order valence-corrected chi connectivity index (χ2v) is 9.38. The van der Waals surface area contributed by atoms with Crippen LogP contribution in [0.5, 0.6) is 11.5 Å². The molecule has 5 heteroatoms. The third kappa shape index (κ3) is 6.91. The molecule has 0 heterocycles. The summed E-state index contributed by atoms with van der Waals surface area (Å²) in [4.78, 5) is 15.2. The molecule has 2 rings (SSSR count). The lowest BCUT2D eigenvalue weighted by Gasteiger charge is -2.34. The lowest BCUT2D eigenvalue weighted by Crippen LogP contribution is -2.48. The molecule has 1 aliphatic carbocycles. The molecule has 1 aromatic rings. The molecule has 1 aliphatic rings. The van der Waals surface area contributed by atoms with Crippen LogP contribution in [0.3, 0.4) is 0 Å². The van der Waals surface area contributed by atoms with E-state index < -0.39 is 5.54 Å². The zero-order chi connectivity index (χ0) is 25.1. The normalized spacial score (nSPS) is 15.4. The van der Waals surface area contributed by atoms with Crippen LogP contribution in [0.15, 0.2) is 49.2 Å². The number of aryl methyl sites for hydroxylation is 1. The Morgan fingerprint density at radius 1 is 1.15 bits per heavy atom. The molecule has 0 atom stereocenters. The molecule has 0 spiro atoms. The molecule has 1 amide bonds. The highest BCUT2D eigenvalue weighted by atomic mass is 16.5. The minimum Gasteiger partial charge on any atom is -0.493 e. The summed E-state index contributed by atoms with van der Waals surface area (Å²) in [6.07, 6.45) is 12.7. The summed E-state index contributed by atoms with van der Waals surface area (Å²) < 4.78 is 11.8. The van der Waals surface area contributed by atoms with Gasteiger partial charge in [0.25, 0.3) is 5.91 Å². The summed E-state index contributed by atoms with van der Waals surface area (Å²) in [5, 5.41) is 3.24. The average molecular weight is 469 g/mol. The van der Waals surface area contributed by atoms with E-state index in [4.69, 9.17) is 9.47 Å². The van der Waals surface area contributed by atoms with Gasteiger partial charge in [-0.05, 0) is 37.8 Å². The first-order valence-corrected chi connectivity index (χ1v) is 12.7. The summed E-state index contributed by atoms with van der Waals surface area (Å²) in [5.74, 6) is 1.12. The number of hydrogen-bond acceptors (Lipinski definition) is 4. The molecule has 0 saturated heterocycles. The molecule has 1 N–H and O–H groups in total. The van der Waals surface area contributed by atoms with Crippen molar-refractivity contribution in [2.24, 2.45) is 0 Å². The van der Waals surface area contributed by atoms with E-state index in [0.29, 0.717) is 29.4 Å². The van der Waals surface area contributed by atoms with Crippen LogP contribution in [-0.4, -0.2) is 32.2 Å². The number of amides is 1. The second-order valence-electron chi connectivity index (χ2n) is 9.38. The SMILES string of the molecule is C=CC1(NC(=O)C(=C)C(=C)N(C)c2c(C)ccc(OC)c2OCCCCC)CCCCCCC1. The highest BCUT2D eigenvalue weighted by molar-refractivity contribution is 5.99. The van der Waals surface area contributed by atoms with Gasteiger partial charge in [-0.2, -0.15) is 0 Å². The van der Waals surface area contributed by atoms with Crippen molar-refractivity contribution in [2.75, 3.05) is 25.7 Å². The van der Waals surface area contributed by atoms with Crippen LogP contribution in [0.2, 0.25) is 0 Å². The van der Waals surface area contributed by atoms with Gasteiger partial charge in [-0.1, -0.05) is 77.2 Å². The average Bonchev–Trinajstić information content (AvgIpc) is 2.82. The minimum atomic E-state index is -0.390. The van der Waals surface area contributed by atoms with Gasteiger partial charge in [0, 0.05) is 12.7 Å². The summed E-state index contributed by atoms with van der Waals surface area (Å²) in [7, 11) is 3.53. The Labute approximate surface area is 206 Å². The number of hydrogen-bond donors (Lipinski definition) is 1. The van der Waals surface area contributed by atoms with Crippen molar-refractivity contribution in [3.8, 4) is 11.5 Å². The summed E-state index contributed by atoms with van der Waals surface area (Å²) >= 11 is 0. The standard InChI is InChI=1S/C29H44N2O3/c1-8-10-16-21-34-27-25(33-7)18-17-22(3)26(27)31(6)24(5)23(4)28(32)30-29(9-2)19-14-12-11-13-15-20-29/h9,17-18H,2,4-5,8,10-16,19-21H2,1,3,6-7H3,(H,30,32). The Hall–Kier alpha value is -2.69. The molecule has 0 radical (unpaired) electrons. The zero-order valence-electron chi connectivity index (χ0n) is 21.8. The number of carbonyl (C=O) groups is 1. The highest BCUT2D eigenvalue weighted by Gasteiger charge is 2.31. The lowest BCUT2D eigenvalue weighted by atomic mass is 9.83. The van der Waals surface area contributed by atoms with E-state index in [1.165, 1.54) is 19.3 Å². The maximum absolute atomic E-state index is 13.3. The quantitative estimate of drug-likeness (QED) is 0.157. The van der Waals surface area contributed by atoms with E-state index in [9.17, 15) is 4.79 Å². The maximum Gasteiger partial charge on any atom is 0.253 e. The smallest absolute Gasteiger partial charge is 0.253 e. The predicted molar refractivity (Wildman–Crippen MR) is 143 cm³/mol. The number of methoxy groups -OCH3 is 1. The monoisotopic (exact) mass is 468 g/mol. The number of ether oxygens (including phenoxy) is 2. The van der Waals surface area contributed by atoms with Crippen molar-refractivity contribution in [3.05, 3.63) is 54.8 Å². The van der Waals surface area contributed by atoms with Crippen molar-refractivity contribution >= 4 is 11.6 Å². The van der Waals surface area contributed by atoms with Crippen molar-refractivity contribution < 1.29 is 14.3 Å². The van der Waals surface area contributed by atoms with Crippen molar-refractivity contribution in [1.29, 1.82) is 0 Å². The first kappa shape index (κ1) is 27.6. The van der Waals surface area contributed by atoms with Crippen molar-refractivity contribution in [2.45, 2.75) is 83.6 Å². The van der Waals surface area contributed by atoms with Gasteiger partial charge in [-0.3, -0.25) is 4.79 Å². The number of rotatable bonds is 12. The molecule has 0 bridgehead atoms.